The molecule has 35 heavy (non-hydrogen) atoms. The van der Waals surface area contributed by atoms with Gasteiger partial charge in [0.1, 0.15) is 17.5 Å². The molecule has 180 valence electrons. The quantitative estimate of drug-likeness (QED) is 0.354. The smallest absolute Gasteiger partial charge is 0.338 e. The van der Waals surface area contributed by atoms with Crippen LogP contribution in [0.2, 0.25) is 0 Å². The molecule has 1 amide bonds. The van der Waals surface area contributed by atoms with Gasteiger partial charge in [0.15, 0.2) is 5.88 Å². The summed E-state index contributed by atoms with van der Waals surface area (Å²) < 4.78 is 34.6. The van der Waals surface area contributed by atoms with Gasteiger partial charge >= 0.3 is 5.97 Å². The largest absolute Gasteiger partial charge is 0.494 e. The molecule has 2 N–H and O–H groups in total. The van der Waals surface area contributed by atoms with Crippen LogP contribution in [0, 0.1) is 11.6 Å². The number of halogens is 2. The summed E-state index contributed by atoms with van der Waals surface area (Å²) in [6.45, 7) is 2.08. The summed E-state index contributed by atoms with van der Waals surface area (Å²) in [6, 6.07) is 13.0. The van der Waals surface area contributed by atoms with E-state index in [1.165, 1.54) is 47.2 Å². The number of nitrogens with one attached hydrogen (secondary N) is 1. The van der Waals surface area contributed by atoms with Gasteiger partial charge in [-0.1, -0.05) is 18.2 Å². The van der Waals surface area contributed by atoms with Gasteiger partial charge in [-0.3, -0.25) is 4.79 Å². The predicted molar refractivity (Wildman–Crippen MR) is 126 cm³/mol. The number of aryl methyl sites for hydroxylation is 1. The first-order valence-electron chi connectivity index (χ1n) is 11.0. The lowest BCUT2D eigenvalue weighted by Gasteiger charge is -2.12. The molecular formula is C26H23F2N3O4. The fourth-order valence-corrected chi connectivity index (χ4v) is 3.89. The standard InChI is InChI=1S/C26H23F2N3O4/c1-2-35-26(34)17-12-13-29-22(14-17)30-23(32)11-10-21-24-19(4-3-5-20(24)28)25(33)31(21)15-16-6-8-18(27)9-7-16/h3-9,12-14,33H,2,10-11,15H2,1H3,(H,29,30,32). The molecule has 0 aliphatic heterocycles. The van der Waals surface area contributed by atoms with E-state index in [1.807, 2.05) is 0 Å². The molecular weight excluding hydrogens is 456 g/mol. The zero-order valence-corrected chi connectivity index (χ0v) is 18.9. The number of rotatable bonds is 8. The lowest BCUT2D eigenvalue weighted by Crippen LogP contribution is -2.15. The maximum atomic E-state index is 14.8. The first-order chi connectivity index (χ1) is 16.9. The van der Waals surface area contributed by atoms with Crippen LogP contribution in [0.1, 0.15) is 35.0 Å². The molecule has 4 aromatic rings. The van der Waals surface area contributed by atoms with Gasteiger partial charge in [-0.15, -0.1) is 0 Å². The third-order valence-corrected chi connectivity index (χ3v) is 5.51. The molecule has 0 radical (unpaired) electrons. The lowest BCUT2D eigenvalue weighted by atomic mass is 10.1. The van der Waals surface area contributed by atoms with Crippen molar-refractivity contribution in [2.45, 2.75) is 26.3 Å². The van der Waals surface area contributed by atoms with Gasteiger partial charge in [-0.2, -0.15) is 0 Å². The van der Waals surface area contributed by atoms with Crippen molar-refractivity contribution in [3.63, 3.8) is 0 Å². The van der Waals surface area contributed by atoms with E-state index >= 15 is 0 Å². The first-order valence-corrected chi connectivity index (χ1v) is 11.0. The molecule has 0 fully saturated rings. The average molecular weight is 479 g/mol. The van der Waals surface area contributed by atoms with Gasteiger partial charge in [-0.25, -0.2) is 18.6 Å². The van der Waals surface area contributed by atoms with Crippen molar-refractivity contribution in [2.75, 3.05) is 11.9 Å². The Bertz CT molecular complexity index is 1380. The van der Waals surface area contributed by atoms with Gasteiger partial charge in [0.05, 0.1) is 18.7 Å². The number of hydrogen-bond donors (Lipinski definition) is 2. The summed E-state index contributed by atoms with van der Waals surface area (Å²) in [6.07, 6.45) is 1.46. The molecule has 0 unspecified atom stereocenters. The molecule has 7 nitrogen and oxygen atoms in total. The van der Waals surface area contributed by atoms with E-state index < -0.39 is 17.7 Å². The van der Waals surface area contributed by atoms with Crippen molar-refractivity contribution >= 4 is 28.5 Å². The Morgan fingerprint density at radius 3 is 2.63 bits per heavy atom. The summed E-state index contributed by atoms with van der Waals surface area (Å²) in [4.78, 5) is 28.6. The zero-order chi connectivity index (χ0) is 24.9. The first kappa shape index (κ1) is 23.9. The highest BCUT2D eigenvalue weighted by atomic mass is 19.1. The summed E-state index contributed by atoms with van der Waals surface area (Å²) in [5, 5.41) is 14.0. The van der Waals surface area contributed by atoms with Crippen molar-refractivity contribution < 1.29 is 28.2 Å². The maximum absolute atomic E-state index is 14.8. The van der Waals surface area contributed by atoms with Crippen LogP contribution in [0.15, 0.2) is 60.8 Å². The van der Waals surface area contributed by atoms with E-state index in [1.54, 1.807) is 25.1 Å². The Labute approximate surface area is 200 Å². The molecule has 0 saturated heterocycles. The van der Waals surface area contributed by atoms with E-state index in [-0.39, 0.29) is 54.5 Å². The molecule has 0 atom stereocenters. The van der Waals surface area contributed by atoms with Crippen molar-refractivity contribution in [1.82, 2.24) is 9.55 Å². The molecule has 2 heterocycles. The van der Waals surface area contributed by atoms with Gasteiger partial charge in [0.2, 0.25) is 5.91 Å². The fourth-order valence-electron chi connectivity index (χ4n) is 3.89. The topological polar surface area (TPSA) is 93.4 Å². The third-order valence-electron chi connectivity index (χ3n) is 5.51. The minimum Gasteiger partial charge on any atom is -0.494 e. The second-order valence-corrected chi connectivity index (χ2v) is 7.84. The molecule has 2 aromatic carbocycles. The van der Waals surface area contributed by atoms with E-state index in [9.17, 15) is 23.5 Å². The van der Waals surface area contributed by atoms with E-state index in [0.29, 0.717) is 16.6 Å². The Morgan fingerprint density at radius 1 is 1.11 bits per heavy atom. The highest BCUT2D eigenvalue weighted by Crippen LogP contribution is 2.34. The van der Waals surface area contributed by atoms with Crippen LogP contribution in [0.3, 0.4) is 0 Å². The second-order valence-electron chi connectivity index (χ2n) is 7.84. The van der Waals surface area contributed by atoms with Crippen LogP contribution >= 0.6 is 0 Å². The van der Waals surface area contributed by atoms with Gasteiger partial charge in [-0.05, 0) is 55.3 Å². The minimum absolute atomic E-state index is 0.0401. The number of aromatic nitrogens is 2. The lowest BCUT2D eigenvalue weighted by molar-refractivity contribution is -0.116. The molecule has 0 aliphatic carbocycles. The predicted octanol–water partition coefficient (Wildman–Crippen LogP) is 4.82. The van der Waals surface area contributed by atoms with Crippen molar-refractivity contribution in [2.24, 2.45) is 0 Å². The second kappa shape index (κ2) is 10.3. The number of esters is 1. The monoisotopic (exact) mass is 479 g/mol. The number of ether oxygens (including phenoxy) is 1. The Morgan fingerprint density at radius 2 is 1.89 bits per heavy atom. The third kappa shape index (κ3) is 5.29. The maximum Gasteiger partial charge on any atom is 0.338 e. The highest BCUT2D eigenvalue weighted by molar-refractivity contribution is 5.95. The Balaban J connectivity index is 1.57. The SMILES string of the molecule is CCOC(=O)c1ccnc(NC(=O)CCc2c3c(F)cccc3c(O)n2Cc2ccc(F)cc2)c1. The summed E-state index contributed by atoms with van der Waals surface area (Å²) in [5.41, 5.74) is 1.39. The normalized spacial score (nSPS) is 10.9. The van der Waals surface area contributed by atoms with Crippen LogP contribution < -0.4 is 5.32 Å². The summed E-state index contributed by atoms with van der Waals surface area (Å²) >= 11 is 0. The van der Waals surface area contributed by atoms with Gasteiger partial charge < -0.3 is 19.7 Å². The summed E-state index contributed by atoms with van der Waals surface area (Å²) in [7, 11) is 0. The average Bonchev–Trinajstić information content (AvgIpc) is 3.11. The van der Waals surface area contributed by atoms with Crippen LogP contribution in [0.4, 0.5) is 14.6 Å². The fraction of sp³-hybridized carbons (Fsp3) is 0.192. The molecule has 4 rings (SSSR count). The molecule has 2 aromatic heterocycles. The number of carbonyl (C=O) groups excluding carboxylic acids is 2. The van der Waals surface area contributed by atoms with Crippen LogP contribution in [-0.2, 0) is 22.5 Å². The van der Waals surface area contributed by atoms with E-state index in [0.717, 1.165) is 0 Å². The van der Waals surface area contributed by atoms with Crippen LogP contribution in [-0.4, -0.2) is 33.1 Å². The zero-order valence-electron chi connectivity index (χ0n) is 18.9. The molecule has 0 saturated carbocycles. The minimum atomic E-state index is -0.526. The number of anilines is 1. The van der Waals surface area contributed by atoms with Gasteiger partial charge in [0.25, 0.3) is 0 Å². The van der Waals surface area contributed by atoms with Crippen molar-refractivity contribution in [3.05, 3.63) is 89.2 Å². The number of benzene rings is 2. The Kier molecular flexibility index (Phi) is 7.05. The highest BCUT2D eigenvalue weighted by Gasteiger charge is 2.20. The number of fused-ring (bicyclic) bond motifs is 1. The van der Waals surface area contributed by atoms with Crippen molar-refractivity contribution in [3.8, 4) is 5.88 Å². The number of amides is 1. The van der Waals surface area contributed by atoms with E-state index in [4.69, 9.17) is 4.74 Å². The Hall–Kier alpha value is -4.27. The molecule has 0 aliphatic rings. The molecule has 9 heteroatoms. The molecule has 0 bridgehead atoms. The molecule has 0 spiro atoms. The van der Waals surface area contributed by atoms with Crippen LogP contribution in [0.25, 0.3) is 10.8 Å². The van der Waals surface area contributed by atoms with Gasteiger partial charge in [0, 0.05) is 29.1 Å². The van der Waals surface area contributed by atoms with E-state index in [2.05, 4.69) is 10.3 Å². The number of hydrogen-bond acceptors (Lipinski definition) is 5. The number of pyridine rings is 1. The number of nitrogens with zero attached hydrogens (tertiary/aromatic N) is 2. The van der Waals surface area contributed by atoms with Crippen molar-refractivity contribution in [1.29, 1.82) is 0 Å². The number of aromatic hydroxyl groups is 1. The summed E-state index contributed by atoms with van der Waals surface area (Å²) in [5.74, 6) is -1.79. The van der Waals surface area contributed by atoms with Crippen LogP contribution in [0.5, 0.6) is 5.88 Å². The number of carbonyl (C=O) groups is 2.